The summed E-state index contributed by atoms with van der Waals surface area (Å²) in [4.78, 5) is 2.53. The first kappa shape index (κ1) is 14.0. The number of benzene rings is 1. The Labute approximate surface area is 136 Å². The summed E-state index contributed by atoms with van der Waals surface area (Å²) < 4.78 is 1.87. The van der Waals surface area contributed by atoms with Gasteiger partial charge in [-0.15, -0.1) is 0 Å². The molecular formula is C18H20ClN3. The molecule has 3 nitrogen and oxygen atoms in total. The minimum atomic E-state index is 0.200. The molecule has 1 fully saturated rings. The second-order valence-corrected chi connectivity index (χ2v) is 6.96. The van der Waals surface area contributed by atoms with Crippen LogP contribution in [0, 0.1) is 0 Å². The smallest absolute Gasteiger partial charge is 0.0534 e. The van der Waals surface area contributed by atoms with E-state index >= 15 is 0 Å². The van der Waals surface area contributed by atoms with E-state index < -0.39 is 0 Å². The van der Waals surface area contributed by atoms with Crippen molar-refractivity contribution in [3.63, 3.8) is 0 Å². The first-order chi connectivity index (χ1) is 10.6. The average molecular weight is 314 g/mol. The summed E-state index contributed by atoms with van der Waals surface area (Å²) in [6.45, 7) is 3.23. The van der Waals surface area contributed by atoms with E-state index in [0.717, 1.165) is 37.5 Å². The van der Waals surface area contributed by atoms with Gasteiger partial charge in [0.15, 0.2) is 0 Å². The molecule has 0 amide bonds. The predicted molar refractivity (Wildman–Crippen MR) is 89.9 cm³/mol. The first-order valence-electron chi connectivity index (χ1n) is 7.84. The van der Waals surface area contributed by atoms with Crippen molar-refractivity contribution in [2.24, 2.45) is 7.05 Å². The fraction of sp³-hybridized carbons (Fsp3) is 0.389. The van der Waals surface area contributed by atoms with Crippen LogP contribution in [-0.2, 0) is 19.0 Å². The van der Waals surface area contributed by atoms with Crippen LogP contribution in [0.1, 0.15) is 29.5 Å². The number of hydrogen-bond donors (Lipinski definition) is 0. The number of aryl methyl sites for hydroxylation is 1. The van der Waals surface area contributed by atoms with Crippen molar-refractivity contribution in [3.05, 3.63) is 58.4 Å². The largest absolute Gasteiger partial charge is 0.299 e. The van der Waals surface area contributed by atoms with Crippen LogP contribution in [-0.4, -0.2) is 27.8 Å². The van der Waals surface area contributed by atoms with E-state index in [2.05, 4.69) is 40.5 Å². The Bertz CT molecular complexity index is 724. The molecule has 1 spiro atoms. The van der Waals surface area contributed by atoms with Gasteiger partial charge in [-0.3, -0.25) is 9.58 Å². The Morgan fingerprint density at radius 1 is 1.27 bits per heavy atom. The van der Waals surface area contributed by atoms with Gasteiger partial charge in [-0.1, -0.05) is 29.8 Å². The molecule has 0 saturated carbocycles. The third-order valence-corrected chi connectivity index (χ3v) is 5.28. The molecule has 0 N–H and O–H groups in total. The SMILES string of the molecule is Cn1cc(CN2CCC3(C=Cc4ccc(Cl)cc43)CC2)cn1. The van der Waals surface area contributed by atoms with E-state index in [-0.39, 0.29) is 5.41 Å². The van der Waals surface area contributed by atoms with Crippen LogP contribution >= 0.6 is 11.6 Å². The van der Waals surface area contributed by atoms with Gasteiger partial charge in [0.1, 0.15) is 0 Å². The number of fused-ring (bicyclic) bond motifs is 2. The molecule has 114 valence electrons. The standard InChI is InChI=1S/C18H20ClN3/c1-21-12-14(11-20-21)13-22-8-6-18(7-9-22)5-4-15-2-3-16(19)10-17(15)18/h2-5,10-12H,6-9,13H2,1H3. The van der Waals surface area contributed by atoms with E-state index in [4.69, 9.17) is 11.6 Å². The van der Waals surface area contributed by atoms with Gasteiger partial charge >= 0.3 is 0 Å². The number of rotatable bonds is 2. The molecule has 2 aliphatic rings. The number of halogens is 1. The van der Waals surface area contributed by atoms with E-state index in [1.165, 1.54) is 16.7 Å². The molecule has 4 rings (SSSR count). The quantitative estimate of drug-likeness (QED) is 0.844. The molecule has 0 bridgehead atoms. The summed E-state index contributed by atoms with van der Waals surface area (Å²) in [5, 5.41) is 5.10. The third kappa shape index (κ3) is 2.38. The lowest BCUT2D eigenvalue weighted by Crippen LogP contribution is -2.40. The van der Waals surface area contributed by atoms with Gasteiger partial charge in [0.25, 0.3) is 0 Å². The van der Waals surface area contributed by atoms with Crippen LogP contribution in [0.4, 0.5) is 0 Å². The molecule has 2 aromatic rings. The summed E-state index contributed by atoms with van der Waals surface area (Å²) in [5.74, 6) is 0. The Hall–Kier alpha value is -1.58. The van der Waals surface area contributed by atoms with E-state index in [1.54, 1.807) is 0 Å². The van der Waals surface area contributed by atoms with Crippen LogP contribution in [0.3, 0.4) is 0 Å². The molecule has 1 aromatic carbocycles. The maximum atomic E-state index is 6.22. The van der Waals surface area contributed by atoms with Gasteiger partial charge in [-0.2, -0.15) is 5.10 Å². The number of likely N-dealkylation sites (tertiary alicyclic amines) is 1. The molecule has 1 saturated heterocycles. The van der Waals surface area contributed by atoms with Crippen molar-refractivity contribution in [2.45, 2.75) is 24.8 Å². The van der Waals surface area contributed by atoms with E-state index in [1.807, 2.05) is 24.0 Å². The molecule has 0 atom stereocenters. The highest BCUT2D eigenvalue weighted by atomic mass is 35.5. The zero-order valence-corrected chi connectivity index (χ0v) is 13.6. The number of nitrogens with zero attached hydrogens (tertiary/aromatic N) is 3. The summed E-state index contributed by atoms with van der Waals surface area (Å²) in [7, 11) is 1.97. The maximum Gasteiger partial charge on any atom is 0.0534 e. The second kappa shape index (κ2) is 5.25. The maximum absolute atomic E-state index is 6.22. The van der Waals surface area contributed by atoms with Gasteiger partial charge in [-0.05, 0) is 49.2 Å². The number of hydrogen-bond acceptors (Lipinski definition) is 2. The van der Waals surface area contributed by atoms with Gasteiger partial charge in [0, 0.05) is 35.8 Å². The lowest BCUT2D eigenvalue weighted by atomic mass is 9.74. The number of piperidine rings is 1. The Balaban J connectivity index is 1.49. The molecule has 0 radical (unpaired) electrons. The van der Waals surface area contributed by atoms with Crippen molar-refractivity contribution in [2.75, 3.05) is 13.1 Å². The van der Waals surface area contributed by atoms with Gasteiger partial charge in [-0.25, -0.2) is 0 Å². The fourth-order valence-electron chi connectivity index (χ4n) is 3.80. The molecule has 1 aliphatic heterocycles. The summed E-state index contributed by atoms with van der Waals surface area (Å²) in [6.07, 6.45) is 11.1. The summed E-state index contributed by atoms with van der Waals surface area (Å²) in [6, 6.07) is 6.29. The molecule has 2 heterocycles. The van der Waals surface area contributed by atoms with Crippen LogP contribution in [0.5, 0.6) is 0 Å². The average Bonchev–Trinajstić information content (AvgIpc) is 3.07. The lowest BCUT2D eigenvalue weighted by molar-refractivity contribution is 0.177. The van der Waals surface area contributed by atoms with Crippen LogP contribution in [0.2, 0.25) is 5.02 Å². The molecule has 1 aliphatic carbocycles. The lowest BCUT2D eigenvalue weighted by Gasteiger charge is -2.39. The summed E-state index contributed by atoms with van der Waals surface area (Å²) >= 11 is 6.22. The van der Waals surface area contributed by atoms with E-state index in [9.17, 15) is 0 Å². The fourth-order valence-corrected chi connectivity index (χ4v) is 3.97. The minimum absolute atomic E-state index is 0.200. The van der Waals surface area contributed by atoms with E-state index in [0.29, 0.717) is 0 Å². The number of allylic oxidation sites excluding steroid dienone is 1. The normalized spacial score (nSPS) is 19.7. The highest BCUT2D eigenvalue weighted by molar-refractivity contribution is 6.30. The first-order valence-corrected chi connectivity index (χ1v) is 8.22. The van der Waals surface area contributed by atoms with Gasteiger partial charge in [0.05, 0.1) is 6.20 Å². The molecule has 1 aromatic heterocycles. The second-order valence-electron chi connectivity index (χ2n) is 6.52. The molecule has 22 heavy (non-hydrogen) atoms. The highest BCUT2D eigenvalue weighted by Gasteiger charge is 2.38. The topological polar surface area (TPSA) is 21.1 Å². The molecular weight excluding hydrogens is 294 g/mol. The van der Waals surface area contributed by atoms with Crippen molar-refractivity contribution >= 4 is 17.7 Å². The van der Waals surface area contributed by atoms with Gasteiger partial charge < -0.3 is 0 Å². The zero-order valence-electron chi connectivity index (χ0n) is 12.8. The van der Waals surface area contributed by atoms with Crippen molar-refractivity contribution in [1.82, 2.24) is 14.7 Å². The Morgan fingerprint density at radius 2 is 2.09 bits per heavy atom. The number of aromatic nitrogens is 2. The molecule has 4 heteroatoms. The van der Waals surface area contributed by atoms with Crippen LogP contribution in [0.25, 0.3) is 6.08 Å². The van der Waals surface area contributed by atoms with Crippen LogP contribution in [0.15, 0.2) is 36.7 Å². The van der Waals surface area contributed by atoms with Crippen molar-refractivity contribution in [3.8, 4) is 0 Å². The van der Waals surface area contributed by atoms with Gasteiger partial charge in [0.2, 0.25) is 0 Å². The molecule has 0 unspecified atom stereocenters. The predicted octanol–water partition coefficient (Wildman–Crippen LogP) is 3.63. The highest BCUT2D eigenvalue weighted by Crippen LogP contribution is 2.44. The van der Waals surface area contributed by atoms with Crippen molar-refractivity contribution < 1.29 is 0 Å². The zero-order chi connectivity index (χ0) is 15.2. The Morgan fingerprint density at radius 3 is 2.82 bits per heavy atom. The monoisotopic (exact) mass is 313 g/mol. The van der Waals surface area contributed by atoms with Crippen LogP contribution < -0.4 is 0 Å². The van der Waals surface area contributed by atoms with Crippen molar-refractivity contribution in [1.29, 1.82) is 0 Å². The third-order valence-electron chi connectivity index (χ3n) is 5.05. The minimum Gasteiger partial charge on any atom is -0.299 e. The Kier molecular flexibility index (Phi) is 3.35. The summed E-state index contributed by atoms with van der Waals surface area (Å²) in [5.41, 5.74) is 4.25.